The fraction of sp³-hybridized carbons (Fsp3) is 1.00. The fourth-order valence-electron chi connectivity index (χ4n) is 1.51. The molecule has 72 valence electrons. The van der Waals surface area contributed by atoms with Crippen LogP contribution in [0.15, 0.2) is 0 Å². The number of likely N-dealkylation sites (tertiary alicyclic amines) is 1. The zero-order chi connectivity index (χ0) is 9.14. The van der Waals surface area contributed by atoms with E-state index in [1.54, 1.807) is 0 Å². The van der Waals surface area contributed by atoms with Crippen LogP contribution in [0.2, 0.25) is 0 Å². The molecule has 0 spiro atoms. The highest BCUT2D eigenvalue weighted by atomic mass is 19.1. The minimum absolute atomic E-state index is 0.247. The number of ether oxygens (including phenoxy) is 1. The van der Waals surface area contributed by atoms with Gasteiger partial charge in [-0.15, -0.1) is 0 Å². The summed E-state index contributed by atoms with van der Waals surface area (Å²) in [5, 5.41) is 0. The molecule has 1 fully saturated rings. The number of halogens is 1. The Balaban J connectivity index is 2.23. The molecule has 0 saturated carbocycles. The normalized spacial score (nSPS) is 31.8. The molecule has 0 N–H and O–H groups in total. The Bertz CT molecular complexity index is 140. The summed E-state index contributed by atoms with van der Waals surface area (Å²) in [7, 11) is 1.95. The monoisotopic (exact) mass is 175 g/mol. The molecule has 0 bridgehead atoms. The summed E-state index contributed by atoms with van der Waals surface area (Å²) in [6, 6.07) is 0.280. The lowest BCUT2D eigenvalue weighted by Gasteiger charge is -2.19. The molecule has 1 rings (SSSR count). The molecule has 1 aliphatic rings. The highest BCUT2D eigenvalue weighted by Gasteiger charge is 2.29. The van der Waals surface area contributed by atoms with Crippen LogP contribution in [0.5, 0.6) is 0 Å². The minimum Gasteiger partial charge on any atom is -0.377 e. The van der Waals surface area contributed by atoms with E-state index in [2.05, 4.69) is 0 Å². The molecule has 12 heavy (non-hydrogen) atoms. The zero-order valence-electron chi connectivity index (χ0n) is 8.09. The van der Waals surface area contributed by atoms with Crippen LogP contribution < -0.4 is 0 Å². The highest BCUT2D eigenvalue weighted by molar-refractivity contribution is 4.82. The van der Waals surface area contributed by atoms with Gasteiger partial charge in [0.05, 0.1) is 12.7 Å². The van der Waals surface area contributed by atoms with Crippen molar-refractivity contribution in [1.29, 1.82) is 0 Å². The van der Waals surface area contributed by atoms with E-state index >= 15 is 0 Å². The number of rotatable bonds is 3. The fourth-order valence-corrected chi connectivity index (χ4v) is 1.51. The van der Waals surface area contributed by atoms with Gasteiger partial charge in [-0.05, 0) is 27.3 Å². The first kappa shape index (κ1) is 9.93. The van der Waals surface area contributed by atoms with Crippen LogP contribution in [0.3, 0.4) is 0 Å². The minimum atomic E-state index is -0.657. The van der Waals surface area contributed by atoms with Crippen molar-refractivity contribution in [3.8, 4) is 0 Å². The molecule has 0 aromatic heterocycles. The summed E-state index contributed by atoms with van der Waals surface area (Å²) in [4.78, 5) is 2.03. The van der Waals surface area contributed by atoms with Crippen molar-refractivity contribution in [2.45, 2.75) is 38.6 Å². The molecule has 1 aliphatic heterocycles. The van der Waals surface area contributed by atoms with Gasteiger partial charge in [0.25, 0.3) is 0 Å². The molecule has 0 aliphatic carbocycles. The molecule has 0 aromatic rings. The van der Waals surface area contributed by atoms with E-state index in [0.29, 0.717) is 19.6 Å². The van der Waals surface area contributed by atoms with Crippen molar-refractivity contribution in [2.24, 2.45) is 0 Å². The Hall–Kier alpha value is -0.150. The summed E-state index contributed by atoms with van der Waals surface area (Å²) in [5.41, 5.74) is 0. The Morgan fingerprint density at radius 3 is 2.67 bits per heavy atom. The average molecular weight is 175 g/mol. The van der Waals surface area contributed by atoms with Gasteiger partial charge in [0.2, 0.25) is 0 Å². The summed E-state index contributed by atoms with van der Waals surface area (Å²) < 4.78 is 18.3. The average Bonchev–Trinajstić information content (AvgIpc) is 2.26. The van der Waals surface area contributed by atoms with Gasteiger partial charge in [-0.25, -0.2) is 4.39 Å². The molecule has 2 unspecified atom stereocenters. The van der Waals surface area contributed by atoms with Crippen molar-refractivity contribution in [3.63, 3.8) is 0 Å². The maximum Gasteiger partial charge on any atom is 0.114 e. The molecule has 0 aromatic carbocycles. The molecule has 3 heteroatoms. The van der Waals surface area contributed by atoms with Crippen molar-refractivity contribution in [3.05, 3.63) is 0 Å². The molecule has 2 atom stereocenters. The first-order chi connectivity index (χ1) is 5.59. The van der Waals surface area contributed by atoms with Gasteiger partial charge >= 0.3 is 0 Å². The highest BCUT2D eigenvalue weighted by Crippen LogP contribution is 2.18. The summed E-state index contributed by atoms with van der Waals surface area (Å²) >= 11 is 0. The molecule has 1 saturated heterocycles. The van der Waals surface area contributed by atoms with Gasteiger partial charge in [0.15, 0.2) is 0 Å². The SMILES string of the molecule is CC(C)OCC1CC(F)CN1C. The van der Waals surface area contributed by atoms with Crippen LogP contribution in [0.25, 0.3) is 0 Å². The molecule has 0 amide bonds. The van der Waals surface area contributed by atoms with Crippen LogP contribution in [-0.4, -0.2) is 43.4 Å². The second-order valence-corrected chi connectivity index (χ2v) is 3.81. The smallest absolute Gasteiger partial charge is 0.114 e. The van der Waals surface area contributed by atoms with Gasteiger partial charge in [-0.3, -0.25) is 4.90 Å². The van der Waals surface area contributed by atoms with Gasteiger partial charge in [-0.1, -0.05) is 0 Å². The van der Waals surface area contributed by atoms with Gasteiger partial charge in [-0.2, -0.15) is 0 Å². The number of alkyl halides is 1. The topological polar surface area (TPSA) is 12.5 Å². The number of hydrogen-bond acceptors (Lipinski definition) is 2. The third-order valence-corrected chi connectivity index (χ3v) is 2.26. The van der Waals surface area contributed by atoms with E-state index in [9.17, 15) is 4.39 Å². The van der Waals surface area contributed by atoms with E-state index in [-0.39, 0.29) is 12.1 Å². The summed E-state index contributed by atoms with van der Waals surface area (Å²) in [6.45, 7) is 5.23. The molecule has 2 nitrogen and oxygen atoms in total. The lowest BCUT2D eigenvalue weighted by atomic mass is 10.2. The maximum atomic E-state index is 12.9. The summed E-state index contributed by atoms with van der Waals surface area (Å²) in [6.07, 6.45) is 0.219. The first-order valence-corrected chi connectivity index (χ1v) is 4.55. The van der Waals surface area contributed by atoms with Crippen LogP contribution >= 0.6 is 0 Å². The predicted octanol–water partition coefficient (Wildman–Crippen LogP) is 1.45. The van der Waals surface area contributed by atoms with Gasteiger partial charge in [0.1, 0.15) is 6.17 Å². The van der Waals surface area contributed by atoms with E-state index < -0.39 is 6.17 Å². The first-order valence-electron chi connectivity index (χ1n) is 4.55. The van der Waals surface area contributed by atoms with Gasteiger partial charge < -0.3 is 4.74 Å². The van der Waals surface area contributed by atoms with Crippen molar-refractivity contribution in [1.82, 2.24) is 4.90 Å². The molecular weight excluding hydrogens is 157 g/mol. The lowest BCUT2D eigenvalue weighted by molar-refractivity contribution is 0.0431. The maximum absolute atomic E-state index is 12.9. The van der Waals surface area contributed by atoms with Crippen molar-refractivity contribution in [2.75, 3.05) is 20.2 Å². The number of nitrogens with zero attached hydrogens (tertiary/aromatic N) is 1. The number of likely N-dealkylation sites (N-methyl/N-ethyl adjacent to an activating group) is 1. The van der Waals surface area contributed by atoms with Crippen LogP contribution in [-0.2, 0) is 4.74 Å². The Morgan fingerprint density at radius 2 is 2.25 bits per heavy atom. The standard InChI is InChI=1S/C9H18FNO/c1-7(2)12-6-9-4-8(10)5-11(9)3/h7-9H,4-6H2,1-3H3. The van der Waals surface area contributed by atoms with E-state index in [0.717, 1.165) is 0 Å². The van der Waals surface area contributed by atoms with E-state index in [4.69, 9.17) is 4.74 Å². The van der Waals surface area contributed by atoms with Crippen molar-refractivity contribution >= 4 is 0 Å². The Morgan fingerprint density at radius 1 is 1.58 bits per heavy atom. The molecular formula is C9H18FNO. The zero-order valence-corrected chi connectivity index (χ0v) is 8.09. The van der Waals surface area contributed by atoms with Crippen molar-refractivity contribution < 1.29 is 9.13 Å². The van der Waals surface area contributed by atoms with Crippen LogP contribution in [0, 0.1) is 0 Å². The van der Waals surface area contributed by atoms with Crippen LogP contribution in [0.1, 0.15) is 20.3 Å². The largest absolute Gasteiger partial charge is 0.377 e. The molecule has 1 heterocycles. The van der Waals surface area contributed by atoms with Crippen LogP contribution in [0.4, 0.5) is 4.39 Å². The Labute approximate surface area is 73.7 Å². The second kappa shape index (κ2) is 4.19. The van der Waals surface area contributed by atoms with Gasteiger partial charge in [0, 0.05) is 12.6 Å². The third-order valence-electron chi connectivity index (χ3n) is 2.26. The van der Waals surface area contributed by atoms with E-state index in [1.807, 2.05) is 25.8 Å². The predicted molar refractivity (Wildman–Crippen MR) is 47.0 cm³/mol. The Kier molecular flexibility index (Phi) is 3.47. The quantitative estimate of drug-likeness (QED) is 0.643. The molecule has 0 radical (unpaired) electrons. The van der Waals surface area contributed by atoms with E-state index in [1.165, 1.54) is 0 Å². The number of hydrogen-bond donors (Lipinski definition) is 0. The second-order valence-electron chi connectivity index (χ2n) is 3.81. The lowest BCUT2D eigenvalue weighted by Crippen LogP contribution is -2.30. The summed E-state index contributed by atoms with van der Waals surface area (Å²) in [5.74, 6) is 0. The third kappa shape index (κ3) is 2.72.